The van der Waals surface area contributed by atoms with E-state index in [9.17, 15) is 20.1 Å². The lowest BCUT2D eigenvalue weighted by Crippen LogP contribution is -2.38. The molecule has 0 bridgehead atoms. The summed E-state index contributed by atoms with van der Waals surface area (Å²) in [4.78, 5) is 15.1. The van der Waals surface area contributed by atoms with Gasteiger partial charge in [-0.1, -0.05) is 32.1 Å². The van der Waals surface area contributed by atoms with Crippen molar-refractivity contribution in [3.8, 4) is 0 Å². The molecule has 2 rings (SSSR count). The van der Waals surface area contributed by atoms with Crippen molar-refractivity contribution in [1.82, 2.24) is 0 Å². The molecule has 0 fully saturated rings. The fourth-order valence-corrected chi connectivity index (χ4v) is 4.27. The molecule has 0 saturated carbocycles. The minimum absolute atomic E-state index is 0.110. The molecule has 0 aromatic carbocycles. The minimum atomic E-state index is -0.966. The topological polar surface area (TPSA) is 113 Å². The van der Waals surface area contributed by atoms with Gasteiger partial charge >= 0.3 is 5.97 Å². The maximum atomic E-state index is 11.0. The Morgan fingerprint density at radius 3 is 2.76 bits per heavy atom. The summed E-state index contributed by atoms with van der Waals surface area (Å²) in [7, 11) is 0. The molecule has 5 N–H and O–H groups in total. The lowest BCUT2D eigenvalue weighted by Gasteiger charge is -2.41. The van der Waals surface area contributed by atoms with E-state index in [0.717, 1.165) is 12.8 Å². The molecule has 142 valence electrons. The van der Waals surface area contributed by atoms with E-state index in [2.05, 4.69) is 36.9 Å². The Morgan fingerprint density at radius 1 is 1.36 bits per heavy atom. The van der Waals surface area contributed by atoms with E-state index in [-0.39, 0.29) is 30.8 Å². The number of carbonyl (C=O) groups is 1. The van der Waals surface area contributed by atoms with Gasteiger partial charge in [-0.15, -0.1) is 0 Å². The minimum Gasteiger partial charge on any atom is -0.393 e. The fourth-order valence-electron chi connectivity index (χ4n) is 4.27. The summed E-state index contributed by atoms with van der Waals surface area (Å²) < 4.78 is 0. The first-order valence-corrected chi connectivity index (χ1v) is 9.15. The van der Waals surface area contributed by atoms with Crippen LogP contribution < -0.4 is 5.90 Å². The van der Waals surface area contributed by atoms with E-state index in [1.807, 2.05) is 0 Å². The van der Waals surface area contributed by atoms with Crippen molar-refractivity contribution in [2.45, 2.75) is 64.3 Å². The lowest BCUT2D eigenvalue weighted by atomic mass is 9.65. The zero-order chi connectivity index (χ0) is 18.6. The summed E-state index contributed by atoms with van der Waals surface area (Å²) in [5.74, 6) is 5.14. The number of carbonyl (C=O) groups excluding carboxylic acids is 1. The molecule has 7 atom stereocenters. The third-order valence-electron chi connectivity index (χ3n) is 5.53. The van der Waals surface area contributed by atoms with Crippen molar-refractivity contribution in [3.05, 3.63) is 23.8 Å². The van der Waals surface area contributed by atoms with Crippen LogP contribution in [0.1, 0.15) is 46.0 Å². The molecule has 0 spiro atoms. The molecule has 0 aliphatic heterocycles. The van der Waals surface area contributed by atoms with Crippen LogP contribution in [0.15, 0.2) is 23.8 Å². The molecule has 6 heteroatoms. The molecular formula is C19H31NO5. The zero-order valence-electron chi connectivity index (χ0n) is 15.0. The van der Waals surface area contributed by atoms with Gasteiger partial charge < -0.3 is 20.2 Å². The molecule has 2 aliphatic carbocycles. The molecule has 0 heterocycles. The molecule has 0 unspecified atom stereocenters. The molecular weight excluding hydrogens is 322 g/mol. The molecule has 0 saturated heterocycles. The van der Waals surface area contributed by atoms with Crippen LogP contribution in [0.2, 0.25) is 0 Å². The summed E-state index contributed by atoms with van der Waals surface area (Å²) >= 11 is 0. The Morgan fingerprint density at radius 2 is 2.08 bits per heavy atom. The van der Waals surface area contributed by atoms with Crippen LogP contribution in [0.5, 0.6) is 0 Å². The number of rotatable bonds is 7. The highest BCUT2D eigenvalue weighted by Gasteiger charge is 2.38. The van der Waals surface area contributed by atoms with Gasteiger partial charge in [0.2, 0.25) is 0 Å². The highest BCUT2D eigenvalue weighted by Crippen LogP contribution is 2.43. The highest BCUT2D eigenvalue weighted by atomic mass is 16.7. The second-order valence-corrected chi connectivity index (χ2v) is 7.67. The summed E-state index contributed by atoms with van der Waals surface area (Å²) in [5, 5.41) is 30.5. The monoisotopic (exact) mass is 353 g/mol. The van der Waals surface area contributed by atoms with E-state index < -0.39 is 18.2 Å². The number of hydrogen-bond donors (Lipinski definition) is 4. The van der Waals surface area contributed by atoms with Crippen LogP contribution in [0.4, 0.5) is 0 Å². The smallest absolute Gasteiger partial charge is 0.327 e. The SMILES string of the molecule is C[C@H]1C=C2C=C[C@H](C)[C@H](CC[C@@H](O)C[C@@H](O)CC(=O)ON)[C@H]2[C@@H](O)C1. The first-order valence-electron chi connectivity index (χ1n) is 9.15. The molecule has 0 aromatic heterocycles. The number of aliphatic hydroxyl groups is 3. The van der Waals surface area contributed by atoms with Crippen molar-refractivity contribution in [2.75, 3.05) is 0 Å². The first-order chi connectivity index (χ1) is 11.8. The molecule has 2 aliphatic rings. The van der Waals surface area contributed by atoms with Crippen LogP contribution in [0, 0.1) is 23.7 Å². The molecule has 0 aromatic rings. The largest absolute Gasteiger partial charge is 0.393 e. The van der Waals surface area contributed by atoms with Gasteiger partial charge in [0.1, 0.15) is 0 Å². The predicted molar refractivity (Wildman–Crippen MR) is 93.9 cm³/mol. The number of fused-ring (bicyclic) bond motifs is 1. The third kappa shape index (κ3) is 5.38. The first kappa shape index (κ1) is 20.1. The summed E-state index contributed by atoms with van der Waals surface area (Å²) in [5.41, 5.74) is 1.20. The number of allylic oxidation sites excluding steroid dienone is 3. The lowest BCUT2D eigenvalue weighted by molar-refractivity contribution is -0.146. The van der Waals surface area contributed by atoms with Crippen molar-refractivity contribution in [1.29, 1.82) is 0 Å². The number of nitrogens with two attached hydrogens (primary N) is 1. The average Bonchev–Trinajstić information content (AvgIpc) is 2.53. The summed E-state index contributed by atoms with van der Waals surface area (Å²) in [6.45, 7) is 4.26. The van der Waals surface area contributed by atoms with Crippen LogP contribution in [0.3, 0.4) is 0 Å². The van der Waals surface area contributed by atoms with Gasteiger partial charge in [-0.2, -0.15) is 5.90 Å². The standard InChI is InChI=1S/C19H31NO5/c1-11-7-13-4-3-12(2)16(19(13)17(23)8-11)6-5-14(21)9-15(22)10-18(24)25-20/h3-4,7,11-12,14-17,19,21-23H,5-6,8-10,20H2,1-2H3/t11-,12-,14+,15+,16-,17-,19-/m0/s1. The van der Waals surface area contributed by atoms with Crippen LogP contribution in [0.25, 0.3) is 0 Å². The molecule has 0 radical (unpaired) electrons. The Hall–Kier alpha value is -1.21. The Balaban J connectivity index is 1.91. The quantitative estimate of drug-likeness (QED) is 0.515. The summed E-state index contributed by atoms with van der Waals surface area (Å²) in [6, 6.07) is 0. The van der Waals surface area contributed by atoms with Gasteiger partial charge in [-0.25, -0.2) is 0 Å². The van der Waals surface area contributed by atoms with Crippen LogP contribution >= 0.6 is 0 Å². The van der Waals surface area contributed by atoms with Crippen molar-refractivity contribution >= 4 is 5.97 Å². The molecule has 6 nitrogen and oxygen atoms in total. The van der Waals surface area contributed by atoms with Crippen molar-refractivity contribution < 1.29 is 25.0 Å². The Kier molecular flexibility index (Phi) is 7.19. The fraction of sp³-hybridized carbons (Fsp3) is 0.737. The van der Waals surface area contributed by atoms with E-state index >= 15 is 0 Å². The van der Waals surface area contributed by atoms with E-state index in [4.69, 9.17) is 5.90 Å². The summed E-state index contributed by atoms with van der Waals surface area (Å²) in [6.07, 6.45) is 6.46. The average molecular weight is 353 g/mol. The second kappa shape index (κ2) is 8.94. The molecule has 0 amide bonds. The maximum absolute atomic E-state index is 11.0. The second-order valence-electron chi connectivity index (χ2n) is 7.67. The van der Waals surface area contributed by atoms with Gasteiger partial charge in [-0.05, 0) is 49.0 Å². The highest BCUT2D eigenvalue weighted by molar-refractivity contribution is 5.69. The normalized spacial score (nSPS) is 34.0. The van der Waals surface area contributed by atoms with Gasteiger partial charge in [0.05, 0.1) is 24.7 Å². The van der Waals surface area contributed by atoms with Crippen LogP contribution in [-0.2, 0) is 9.63 Å². The van der Waals surface area contributed by atoms with Gasteiger partial charge in [-0.3, -0.25) is 4.79 Å². The number of aliphatic hydroxyl groups excluding tert-OH is 3. The van der Waals surface area contributed by atoms with E-state index in [1.54, 1.807) is 0 Å². The Bertz CT molecular complexity index is 518. The third-order valence-corrected chi connectivity index (χ3v) is 5.53. The van der Waals surface area contributed by atoms with Crippen molar-refractivity contribution in [3.63, 3.8) is 0 Å². The number of hydrogen-bond acceptors (Lipinski definition) is 6. The van der Waals surface area contributed by atoms with E-state index in [0.29, 0.717) is 18.3 Å². The van der Waals surface area contributed by atoms with Crippen molar-refractivity contribution in [2.24, 2.45) is 29.6 Å². The predicted octanol–water partition coefficient (Wildman–Crippen LogP) is 1.45. The Labute approximate surface area is 149 Å². The van der Waals surface area contributed by atoms with Gasteiger partial charge in [0.25, 0.3) is 0 Å². The zero-order valence-corrected chi connectivity index (χ0v) is 15.0. The molecule has 25 heavy (non-hydrogen) atoms. The van der Waals surface area contributed by atoms with Crippen LogP contribution in [-0.4, -0.2) is 39.6 Å². The van der Waals surface area contributed by atoms with Gasteiger partial charge in [0, 0.05) is 5.92 Å². The van der Waals surface area contributed by atoms with E-state index in [1.165, 1.54) is 5.57 Å². The maximum Gasteiger partial charge on any atom is 0.327 e. The van der Waals surface area contributed by atoms with Gasteiger partial charge in [0.15, 0.2) is 0 Å².